The van der Waals surface area contributed by atoms with Crippen molar-refractivity contribution in [2.45, 2.75) is 38.9 Å². The Hall–Kier alpha value is -1.77. The van der Waals surface area contributed by atoms with Crippen LogP contribution in [0.15, 0.2) is 17.6 Å². The molecule has 3 heterocycles. The van der Waals surface area contributed by atoms with Crippen molar-refractivity contribution in [3.05, 3.63) is 33.8 Å². The summed E-state index contributed by atoms with van der Waals surface area (Å²) in [5.74, 6) is -0.208. The van der Waals surface area contributed by atoms with Crippen LogP contribution >= 0.6 is 11.3 Å². The molecule has 3 rings (SSSR count). The van der Waals surface area contributed by atoms with Gasteiger partial charge in [-0.15, -0.1) is 16.4 Å². The third kappa shape index (κ3) is 4.65. The molecular formula is C17H25N5O2S. The van der Waals surface area contributed by atoms with Gasteiger partial charge in [0, 0.05) is 31.1 Å². The topological polar surface area (TPSA) is 72.3 Å². The lowest BCUT2D eigenvalue weighted by atomic mass is 10.2. The van der Waals surface area contributed by atoms with Crippen molar-refractivity contribution in [1.82, 2.24) is 25.2 Å². The van der Waals surface area contributed by atoms with E-state index in [-0.39, 0.29) is 5.91 Å². The van der Waals surface area contributed by atoms with E-state index in [0.717, 1.165) is 26.1 Å². The number of amides is 1. The second-order valence-corrected chi connectivity index (χ2v) is 7.37. The summed E-state index contributed by atoms with van der Waals surface area (Å²) in [7, 11) is 1.60. The van der Waals surface area contributed by atoms with E-state index in [1.54, 1.807) is 18.0 Å². The van der Waals surface area contributed by atoms with Gasteiger partial charge in [-0.25, -0.2) is 0 Å². The zero-order chi connectivity index (χ0) is 17.6. The summed E-state index contributed by atoms with van der Waals surface area (Å²) in [6, 6.07) is 2.62. The van der Waals surface area contributed by atoms with Gasteiger partial charge in [-0.05, 0) is 43.3 Å². The smallest absolute Gasteiger partial charge is 0.273 e. The lowest BCUT2D eigenvalue weighted by Gasteiger charge is -2.24. The standard InChI is InChI=1S/C17H25N5O2S/c1-13-5-9-25-16(13)12-21-7-3-4-14(21)10-22-11-15(19-20-22)17(23)18-6-8-24-2/h5,9,11,14H,3-4,6-8,10,12H2,1-2H3,(H,18,23)/t14-/m0/s1. The van der Waals surface area contributed by atoms with Gasteiger partial charge in [-0.2, -0.15) is 0 Å². The number of hydrogen-bond donors (Lipinski definition) is 1. The molecule has 0 unspecified atom stereocenters. The predicted molar refractivity (Wildman–Crippen MR) is 96.7 cm³/mol. The fraction of sp³-hybridized carbons (Fsp3) is 0.588. The normalized spacial score (nSPS) is 17.9. The van der Waals surface area contributed by atoms with Gasteiger partial charge in [0.2, 0.25) is 0 Å². The molecule has 136 valence electrons. The highest BCUT2D eigenvalue weighted by atomic mass is 32.1. The van der Waals surface area contributed by atoms with E-state index in [2.05, 4.69) is 38.9 Å². The van der Waals surface area contributed by atoms with Gasteiger partial charge in [0.25, 0.3) is 5.91 Å². The summed E-state index contributed by atoms with van der Waals surface area (Å²) in [5, 5.41) is 13.0. The molecule has 0 bridgehead atoms. The van der Waals surface area contributed by atoms with E-state index in [1.165, 1.54) is 16.9 Å². The maximum atomic E-state index is 12.0. The minimum atomic E-state index is -0.208. The first-order chi connectivity index (χ1) is 12.2. The third-order valence-corrected chi connectivity index (χ3v) is 5.58. The molecular weight excluding hydrogens is 338 g/mol. The molecule has 7 nitrogen and oxygen atoms in total. The fourth-order valence-corrected chi connectivity index (χ4v) is 4.06. The van der Waals surface area contributed by atoms with Crippen LogP contribution in [0.2, 0.25) is 0 Å². The number of rotatable bonds is 8. The minimum absolute atomic E-state index is 0.208. The minimum Gasteiger partial charge on any atom is -0.383 e. The number of methoxy groups -OCH3 is 1. The maximum Gasteiger partial charge on any atom is 0.273 e. The van der Waals surface area contributed by atoms with Gasteiger partial charge < -0.3 is 10.1 Å². The number of aromatic nitrogens is 3. The Labute approximate surface area is 152 Å². The number of carbonyl (C=O) groups excluding carboxylic acids is 1. The van der Waals surface area contributed by atoms with Crippen molar-refractivity contribution in [2.24, 2.45) is 0 Å². The van der Waals surface area contributed by atoms with Crippen LogP contribution in [0.4, 0.5) is 0 Å². The zero-order valence-electron chi connectivity index (χ0n) is 14.8. The number of carbonyl (C=O) groups is 1. The Kier molecular flexibility index (Phi) is 6.17. The Morgan fingerprint density at radius 2 is 2.40 bits per heavy atom. The molecule has 0 radical (unpaired) electrons. The first kappa shape index (κ1) is 18.0. The molecule has 1 N–H and O–H groups in total. The van der Waals surface area contributed by atoms with Crippen LogP contribution in [0.1, 0.15) is 33.8 Å². The molecule has 2 aromatic rings. The molecule has 1 aliphatic heterocycles. The van der Waals surface area contributed by atoms with Crippen LogP contribution in [-0.4, -0.2) is 58.6 Å². The van der Waals surface area contributed by atoms with Gasteiger partial charge in [-0.1, -0.05) is 5.21 Å². The first-order valence-corrected chi connectivity index (χ1v) is 9.49. The number of hydrogen-bond acceptors (Lipinski definition) is 6. The lowest BCUT2D eigenvalue weighted by Crippen LogP contribution is -2.32. The van der Waals surface area contributed by atoms with Gasteiger partial charge in [0.05, 0.1) is 19.3 Å². The molecule has 1 amide bonds. The zero-order valence-corrected chi connectivity index (χ0v) is 15.6. The van der Waals surface area contributed by atoms with Crippen molar-refractivity contribution in [2.75, 3.05) is 26.8 Å². The molecule has 0 aliphatic carbocycles. The van der Waals surface area contributed by atoms with Crippen molar-refractivity contribution in [1.29, 1.82) is 0 Å². The summed E-state index contributed by atoms with van der Waals surface area (Å²) in [4.78, 5) is 15.9. The number of ether oxygens (including phenoxy) is 1. The van der Waals surface area contributed by atoms with Gasteiger partial charge in [0.15, 0.2) is 5.69 Å². The molecule has 0 saturated carbocycles. The van der Waals surface area contributed by atoms with Crippen molar-refractivity contribution in [3.63, 3.8) is 0 Å². The Morgan fingerprint density at radius 1 is 1.52 bits per heavy atom. The van der Waals surface area contributed by atoms with Gasteiger partial charge in [-0.3, -0.25) is 14.4 Å². The van der Waals surface area contributed by atoms with Crippen LogP contribution in [0.25, 0.3) is 0 Å². The first-order valence-electron chi connectivity index (χ1n) is 8.61. The molecule has 1 fully saturated rings. The highest BCUT2D eigenvalue weighted by Crippen LogP contribution is 2.25. The van der Waals surface area contributed by atoms with Crippen LogP contribution in [0.5, 0.6) is 0 Å². The van der Waals surface area contributed by atoms with Crippen LogP contribution in [0.3, 0.4) is 0 Å². The van der Waals surface area contributed by atoms with Crippen LogP contribution in [0, 0.1) is 6.92 Å². The largest absolute Gasteiger partial charge is 0.383 e. The average molecular weight is 363 g/mol. The second kappa shape index (κ2) is 8.55. The SMILES string of the molecule is COCCNC(=O)c1cn(C[C@@H]2CCCN2Cc2sccc2C)nn1. The maximum absolute atomic E-state index is 12.0. The fourth-order valence-electron chi connectivity index (χ4n) is 3.13. The number of nitrogens with one attached hydrogen (secondary N) is 1. The second-order valence-electron chi connectivity index (χ2n) is 6.37. The number of nitrogens with zero attached hydrogens (tertiary/aromatic N) is 4. The number of likely N-dealkylation sites (tertiary alicyclic amines) is 1. The molecule has 0 aromatic carbocycles. The van der Waals surface area contributed by atoms with Crippen LogP contribution in [-0.2, 0) is 17.8 Å². The molecule has 8 heteroatoms. The van der Waals surface area contributed by atoms with E-state index in [1.807, 2.05) is 11.3 Å². The van der Waals surface area contributed by atoms with E-state index >= 15 is 0 Å². The molecule has 2 aromatic heterocycles. The third-order valence-electron chi connectivity index (χ3n) is 4.57. The summed E-state index contributed by atoms with van der Waals surface area (Å²) >= 11 is 1.82. The lowest BCUT2D eigenvalue weighted by molar-refractivity contribution is 0.0932. The number of thiophene rings is 1. The molecule has 1 aliphatic rings. The van der Waals surface area contributed by atoms with Crippen molar-refractivity contribution in [3.8, 4) is 0 Å². The predicted octanol–water partition coefficient (Wildman–Crippen LogP) is 1.69. The van der Waals surface area contributed by atoms with E-state index in [4.69, 9.17) is 4.74 Å². The Morgan fingerprint density at radius 3 is 3.16 bits per heavy atom. The molecule has 1 saturated heterocycles. The van der Waals surface area contributed by atoms with Crippen molar-refractivity contribution < 1.29 is 9.53 Å². The number of aryl methyl sites for hydroxylation is 1. The van der Waals surface area contributed by atoms with E-state index in [9.17, 15) is 4.79 Å². The molecule has 0 spiro atoms. The highest BCUT2D eigenvalue weighted by Gasteiger charge is 2.26. The summed E-state index contributed by atoms with van der Waals surface area (Å²) in [6.45, 7) is 6.00. The summed E-state index contributed by atoms with van der Waals surface area (Å²) in [6.07, 6.45) is 4.09. The van der Waals surface area contributed by atoms with Gasteiger partial charge in [0.1, 0.15) is 0 Å². The highest BCUT2D eigenvalue weighted by molar-refractivity contribution is 7.10. The molecule has 25 heavy (non-hydrogen) atoms. The Balaban J connectivity index is 1.56. The van der Waals surface area contributed by atoms with Crippen LogP contribution < -0.4 is 5.32 Å². The monoisotopic (exact) mass is 363 g/mol. The average Bonchev–Trinajstić information content (AvgIpc) is 3.32. The molecule has 1 atom stereocenters. The summed E-state index contributed by atoms with van der Waals surface area (Å²) < 4.78 is 6.71. The Bertz CT molecular complexity index is 699. The van der Waals surface area contributed by atoms with E-state index in [0.29, 0.717) is 24.9 Å². The van der Waals surface area contributed by atoms with Gasteiger partial charge >= 0.3 is 0 Å². The quantitative estimate of drug-likeness (QED) is 0.723. The van der Waals surface area contributed by atoms with Crippen molar-refractivity contribution >= 4 is 17.2 Å². The van der Waals surface area contributed by atoms with E-state index < -0.39 is 0 Å². The summed E-state index contributed by atoms with van der Waals surface area (Å²) in [5.41, 5.74) is 1.72.